The molecule has 1 atom stereocenters. The molecule has 204 valence electrons. The van der Waals surface area contributed by atoms with E-state index in [0.29, 0.717) is 5.92 Å². The lowest BCUT2D eigenvalue weighted by molar-refractivity contribution is -0.132. The van der Waals surface area contributed by atoms with E-state index in [4.69, 9.17) is 10.4 Å². The van der Waals surface area contributed by atoms with E-state index < -0.39 is 5.97 Å². The maximum atomic E-state index is 11.2. The molecule has 5 heteroatoms. The number of allylic oxidation sites excluding steroid dienone is 4. The molecule has 1 unspecified atom stereocenters. The summed E-state index contributed by atoms with van der Waals surface area (Å²) in [6.07, 6.45) is 9.92. The van der Waals surface area contributed by atoms with Crippen molar-refractivity contribution in [2.24, 2.45) is 0 Å². The van der Waals surface area contributed by atoms with Crippen molar-refractivity contribution in [3.63, 3.8) is 0 Å². The molecule has 1 heterocycles. The zero-order chi connectivity index (χ0) is 28.6. The first-order chi connectivity index (χ1) is 19.3. The fourth-order valence-electron chi connectivity index (χ4n) is 5.01. The molecule has 3 aromatic carbocycles. The van der Waals surface area contributed by atoms with Gasteiger partial charge in [-0.25, -0.2) is 4.79 Å². The van der Waals surface area contributed by atoms with Gasteiger partial charge in [0.15, 0.2) is 0 Å². The van der Waals surface area contributed by atoms with Crippen LogP contribution in [0.15, 0.2) is 96.6 Å². The lowest BCUT2D eigenvalue weighted by Crippen LogP contribution is -2.24. The Hall–Kier alpha value is -4.56. The van der Waals surface area contributed by atoms with Gasteiger partial charge in [0.25, 0.3) is 0 Å². The number of benzene rings is 3. The molecule has 1 N–H and O–H groups in total. The van der Waals surface area contributed by atoms with Crippen LogP contribution in [0.3, 0.4) is 0 Å². The number of aryl methyl sites for hydroxylation is 1. The minimum absolute atomic E-state index is 0.299. The van der Waals surface area contributed by atoms with E-state index in [1.54, 1.807) is 18.2 Å². The van der Waals surface area contributed by atoms with E-state index in [1.165, 1.54) is 28.6 Å². The number of carboxylic acid groups (broad SMARTS) is 1. The molecule has 0 aliphatic carbocycles. The van der Waals surface area contributed by atoms with Crippen molar-refractivity contribution in [2.45, 2.75) is 39.0 Å². The third kappa shape index (κ3) is 6.52. The third-order valence-corrected chi connectivity index (χ3v) is 7.58. The van der Waals surface area contributed by atoms with Gasteiger partial charge in [-0.3, -0.25) is 0 Å². The van der Waals surface area contributed by atoms with E-state index in [9.17, 15) is 4.79 Å². The minimum atomic E-state index is -1.23. The van der Waals surface area contributed by atoms with Crippen molar-refractivity contribution in [1.29, 1.82) is 5.26 Å². The van der Waals surface area contributed by atoms with Crippen LogP contribution < -0.4 is 9.80 Å². The van der Waals surface area contributed by atoms with E-state index in [2.05, 4.69) is 90.4 Å². The first-order valence-electron chi connectivity index (χ1n) is 13.8. The van der Waals surface area contributed by atoms with Gasteiger partial charge in [-0.2, -0.15) is 5.26 Å². The maximum Gasteiger partial charge on any atom is 0.346 e. The van der Waals surface area contributed by atoms with Crippen LogP contribution in [0.4, 0.5) is 17.1 Å². The molecular weight excluding hydrogens is 494 g/mol. The van der Waals surface area contributed by atoms with Crippen molar-refractivity contribution in [3.8, 4) is 6.07 Å². The van der Waals surface area contributed by atoms with Crippen LogP contribution in [-0.2, 0) is 11.2 Å². The fraction of sp³-hybridized carbons (Fsp3) is 0.257. The van der Waals surface area contributed by atoms with Crippen LogP contribution in [0.25, 0.3) is 5.57 Å². The van der Waals surface area contributed by atoms with Crippen molar-refractivity contribution >= 4 is 28.6 Å². The second kappa shape index (κ2) is 13.0. The maximum absolute atomic E-state index is 11.2. The highest BCUT2D eigenvalue weighted by molar-refractivity contribution is 5.91. The topological polar surface area (TPSA) is 67.6 Å². The van der Waals surface area contributed by atoms with Crippen LogP contribution in [0.1, 0.15) is 54.9 Å². The summed E-state index contributed by atoms with van der Waals surface area (Å²) in [5.41, 5.74) is 9.15. The van der Waals surface area contributed by atoms with Crippen molar-refractivity contribution in [3.05, 3.63) is 119 Å². The Labute approximate surface area is 238 Å². The number of anilines is 3. The molecule has 0 aromatic heterocycles. The highest BCUT2D eigenvalue weighted by atomic mass is 16.4. The standard InChI is InChI=1S/C35H37N3O2/c1-5-25(2)26-12-19-32(20-13-26)38-22-8-10-29-23-28(16-21-34(29)38)33(11-7-6-9-30(24-36)35(39)40)27-14-17-31(18-15-27)37(3)4/h6-7,9,11-21,23,25H,5,8,10,22H2,1-4H3,(H,39,40)/b7-6+,30-9+,33-11+. The lowest BCUT2D eigenvalue weighted by atomic mass is 9.92. The number of nitriles is 1. The largest absolute Gasteiger partial charge is 0.477 e. The number of rotatable bonds is 9. The summed E-state index contributed by atoms with van der Waals surface area (Å²) >= 11 is 0. The molecule has 40 heavy (non-hydrogen) atoms. The number of carbonyl (C=O) groups is 1. The van der Waals surface area contributed by atoms with Gasteiger partial charge >= 0.3 is 5.97 Å². The van der Waals surface area contributed by atoms with Gasteiger partial charge in [0.2, 0.25) is 0 Å². The number of carboxylic acids is 1. The molecule has 0 bridgehead atoms. The van der Waals surface area contributed by atoms with Gasteiger partial charge in [0.1, 0.15) is 11.6 Å². The summed E-state index contributed by atoms with van der Waals surface area (Å²) in [6, 6.07) is 25.8. The summed E-state index contributed by atoms with van der Waals surface area (Å²) in [6.45, 7) is 5.48. The summed E-state index contributed by atoms with van der Waals surface area (Å²) in [5.74, 6) is -0.674. The van der Waals surface area contributed by atoms with Crippen LogP contribution in [0.2, 0.25) is 0 Å². The number of hydrogen-bond donors (Lipinski definition) is 1. The van der Waals surface area contributed by atoms with Crippen LogP contribution in [0, 0.1) is 11.3 Å². The van der Waals surface area contributed by atoms with E-state index in [1.807, 2.05) is 20.2 Å². The summed E-state index contributed by atoms with van der Waals surface area (Å²) in [4.78, 5) is 15.6. The Morgan fingerprint density at radius 2 is 1.70 bits per heavy atom. The quantitative estimate of drug-likeness (QED) is 0.173. The second-order valence-corrected chi connectivity index (χ2v) is 10.4. The number of nitrogens with zero attached hydrogens (tertiary/aromatic N) is 3. The van der Waals surface area contributed by atoms with Gasteiger partial charge in [-0.05, 0) is 95.5 Å². The molecule has 0 fully saturated rings. The number of fused-ring (bicyclic) bond motifs is 1. The molecular formula is C35H37N3O2. The molecule has 1 aliphatic heterocycles. The Balaban J connectivity index is 1.71. The van der Waals surface area contributed by atoms with Crippen molar-refractivity contribution in [1.82, 2.24) is 0 Å². The van der Waals surface area contributed by atoms with Gasteiger partial charge in [-0.1, -0.05) is 62.4 Å². The SMILES string of the molecule is CCC(C)c1ccc(N2CCCc3cc(/C(=C/C=C/C=C(\C#N)C(=O)O)c4ccc(N(C)C)cc4)ccc32)cc1. The number of aliphatic carboxylic acids is 1. The minimum Gasteiger partial charge on any atom is -0.477 e. The molecule has 0 amide bonds. The molecule has 5 nitrogen and oxygen atoms in total. The van der Waals surface area contributed by atoms with Gasteiger partial charge < -0.3 is 14.9 Å². The monoisotopic (exact) mass is 531 g/mol. The Kier molecular flexibility index (Phi) is 9.24. The Morgan fingerprint density at radius 3 is 2.33 bits per heavy atom. The average molecular weight is 532 g/mol. The smallest absolute Gasteiger partial charge is 0.346 e. The molecule has 0 spiro atoms. The first-order valence-corrected chi connectivity index (χ1v) is 13.8. The van der Waals surface area contributed by atoms with Crippen molar-refractivity contribution < 1.29 is 9.90 Å². The van der Waals surface area contributed by atoms with E-state index in [0.717, 1.165) is 48.2 Å². The zero-order valence-electron chi connectivity index (χ0n) is 23.8. The highest BCUT2D eigenvalue weighted by Gasteiger charge is 2.20. The molecule has 4 rings (SSSR count). The summed E-state index contributed by atoms with van der Waals surface area (Å²) in [5, 5.41) is 18.2. The molecule has 0 saturated heterocycles. The average Bonchev–Trinajstić information content (AvgIpc) is 2.98. The summed E-state index contributed by atoms with van der Waals surface area (Å²) < 4.78 is 0. The zero-order valence-corrected chi connectivity index (χ0v) is 23.8. The van der Waals surface area contributed by atoms with Gasteiger partial charge in [-0.15, -0.1) is 0 Å². The van der Waals surface area contributed by atoms with Crippen LogP contribution >= 0.6 is 0 Å². The van der Waals surface area contributed by atoms with Crippen LogP contribution in [0.5, 0.6) is 0 Å². The van der Waals surface area contributed by atoms with Gasteiger partial charge in [0.05, 0.1) is 0 Å². The first kappa shape index (κ1) is 28.4. The predicted octanol–water partition coefficient (Wildman–Crippen LogP) is 7.87. The molecule has 3 aromatic rings. The third-order valence-electron chi connectivity index (χ3n) is 7.58. The number of hydrogen-bond acceptors (Lipinski definition) is 4. The lowest BCUT2D eigenvalue weighted by Gasteiger charge is -2.32. The van der Waals surface area contributed by atoms with E-state index in [-0.39, 0.29) is 5.57 Å². The highest BCUT2D eigenvalue weighted by Crippen LogP contribution is 2.37. The van der Waals surface area contributed by atoms with Crippen LogP contribution in [-0.4, -0.2) is 31.7 Å². The summed E-state index contributed by atoms with van der Waals surface area (Å²) in [7, 11) is 4.03. The molecule has 1 aliphatic rings. The molecule has 0 radical (unpaired) electrons. The fourth-order valence-corrected chi connectivity index (χ4v) is 5.01. The van der Waals surface area contributed by atoms with Gasteiger partial charge in [0, 0.05) is 37.7 Å². The van der Waals surface area contributed by atoms with Crippen molar-refractivity contribution in [2.75, 3.05) is 30.4 Å². The predicted molar refractivity (Wildman–Crippen MR) is 165 cm³/mol. The van der Waals surface area contributed by atoms with E-state index >= 15 is 0 Å². The normalized spacial score (nSPS) is 14.5. The second-order valence-electron chi connectivity index (χ2n) is 10.4. The molecule has 0 saturated carbocycles. The Bertz CT molecular complexity index is 1470. The Morgan fingerprint density at radius 1 is 1.02 bits per heavy atom.